The Morgan fingerprint density at radius 1 is 0.917 bits per heavy atom. The topological polar surface area (TPSA) is 60.9 Å². The van der Waals surface area contributed by atoms with Crippen molar-refractivity contribution in [2.45, 2.75) is 45.1 Å². The molecule has 1 N–H and O–H groups in total. The monoisotopic (exact) mass is 352 g/mol. The number of hydrogen-bond acceptors (Lipinski definition) is 3. The summed E-state index contributed by atoms with van der Waals surface area (Å²) in [6.45, 7) is 2.67. The molecule has 0 amide bonds. The predicted molar refractivity (Wildman–Crippen MR) is 94.7 cm³/mol. The van der Waals surface area contributed by atoms with Gasteiger partial charge >= 0.3 is 0 Å². The van der Waals surface area contributed by atoms with Crippen LogP contribution >= 0.6 is 0 Å². The summed E-state index contributed by atoms with van der Waals surface area (Å²) in [5, 5.41) is 9.10. The molecule has 1 atom stereocenters. The number of hydrogen-bond donors (Lipinski definition) is 1. The lowest BCUT2D eigenvalue weighted by Gasteiger charge is -2.26. The van der Waals surface area contributed by atoms with E-state index in [0.717, 1.165) is 44.1 Å². The molecule has 1 aromatic rings. The molecular weight excluding hydrogens is 324 g/mol. The fourth-order valence-electron chi connectivity index (χ4n) is 3.72. The fraction of sp³-hybridized carbons (Fsp3) is 0.667. The van der Waals surface area contributed by atoms with Crippen molar-refractivity contribution in [3.8, 4) is 0 Å². The van der Waals surface area contributed by atoms with Crippen molar-refractivity contribution in [1.29, 1.82) is 0 Å². The van der Waals surface area contributed by atoms with E-state index in [-0.39, 0.29) is 6.61 Å². The van der Waals surface area contributed by atoms with E-state index in [4.69, 9.17) is 5.11 Å². The van der Waals surface area contributed by atoms with Crippen LogP contribution in [0.15, 0.2) is 24.3 Å². The van der Waals surface area contributed by atoms with E-state index in [1.807, 2.05) is 24.3 Å². The van der Waals surface area contributed by atoms with E-state index in [1.165, 1.54) is 5.56 Å². The predicted octanol–water partition coefficient (Wildman–Crippen LogP) is 2.16. The number of nitrogens with zero attached hydrogens (tertiary/aromatic N) is 2. The van der Waals surface area contributed by atoms with Gasteiger partial charge < -0.3 is 5.11 Å². The van der Waals surface area contributed by atoms with E-state index in [2.05, 4.69) is 0 Å². The Balaban J connectivity index is 1.59. The van der Waals surface area contributed by atoms with Crippen molar-refractivity contribution in [3.05, 3.63) is 35.4 Å². The van der Waals surface area contributed by atoms with Crippen molar-refractivity contribution >= 4 is 10.2 Å². The van der Waals surface area contributed by atoms with E-state index in [9.17, 15) is 8.42 Å². The molecule has 1 unspecified atom stereocenters. The molecule has 2 heterocycles. The normalized spacial score (nSPS) is 24.1. The van der Waals surface area contributed by atoms with Crippen molar-refractivity contribution in [2.75, 3.05) is 26.2 Å². The van der Waals surface area contributed by atoms with Gasteiger partial charge in [0.2, 0.25) is 0 Å². The van der Waals surface area contributed by atoms with Gasteiger partial charge in [-0.25, -0.2) is 0 Å². The Hall–Kier alpha value is -0.950. The molecule has 0 bridgehead atoms. The van der Waals surface area contributed by atoms with Gasteiger partial charge in [0.05, 0.1) is 6.61 Å². The van der Waals surface area contributed by atoms with Gasteiger partial charge in [0, 0.05) is 26.2 Å². The molecule has 5 nitrogen and oxygen atoms in total. The molecule has 0 saturated carbocycles. The summed E-state index contributed by atoms with van der Waals surface area (Å²) in [7, 11) is -3.29. The van der Waals surface area contributed by atoms with Crippen LogP contribution in [0.25, 0.3) is 0 Å². The number of aliphatic hydroxyl groups excluding tert-OH is 1. The molecular formula is C18H28N2O3S. The first kappa shape index (κ1) is 17.9. The zero-order chi connectivity index (χ0) is 17.0. The summed E-state index contributed by atoms with van der Waals surface area (Å²) < 4.78 is 29.1. The van der Waals surface area contributed by atoms with Gasteiger partial charge in [-0.1, -0.05) is 37.1 Å². The molecule has 1 aromatic carbocycles. The van der Waals surface area contributed by atoms with Gasteiger partial charge in [0.1, 0.15) is 0 Å². The highest BCUT2D eigenvalue weighted by Gasteiger charge is 2.35. The molecule has 0 aliphatic carbocycles. The minimum Gasteiger partial charge on any atom is -0.392 e. The first-order valence-electron chi connectivity index (χ1n) is 9.03. The SMILES string of the molecule is O=S(=O)(N1CCCCCC1)N1CCC(Cc2ccc(CO)cc2)C1. The van der Waals surface area contributed by atoms with E-state index >= 15 is 0 Å². The lowest BCUT2D eigenvalue weighted by Crippen LogP contribution is -2.43. The summed E-state index contributed by atoms with van der Waals surface area (Å²) in [4.78, 5) is 0. The lowest BCUT2D eigenvalue weighted by atomic mass is 9.98. The third-order valence-electron chi connectivity index (χ3n) is 5.20. The van der Waals surface area contributed by atoms with E-state index in [1.54, 1.807) is 8.61 Å². The number of aliphatic hydroxyl groups is 1. The molecule has 2 fully saturated rings. The third-order valence-corrected chi connectivity index (χ3v) is 7.20. The fourth-order valence-corrected chi connectivity index (χ4v) is 5.50. The average molecular weight is 353 g/mol. The molecule has 24 heavy (non-hydrogen) atoms. The Morgan fingerprint density at radius 3 is 2.17 bits per heavy atom. The van der Waals surface area contributed by atoms with Crippen molar-refractivity contribution < 1.29 is 13.5 Å². The van der Waals surface area contributed by atoms with Gasteiger partial charge in [-0.15, -0.1) is 0 Å². The highest BCUT2D eigenvalue weighted by Crippen LogP contribution is 2.26. The number of rotatable bonds is 5. The standard InChI is InChI=1S/C18H28N2O3S/c21-15-17-7-5-16(6-8-17)13-18-9-12-20(14-18)24(22,23)19-10-3-1-2-4-11-19/h5-8,18,21H,1-4,9-15H2. The Kier molecular flexibility index (Phi) is 5.92. The molecule has 2 aliphatic rings. The maximum Gasteiger partial charge on any atom is 0.281 e. The van der Waals surface area contributed by atoms with E-state index in [0.29, 0.717) is 32.1 Å². The molecule has 0 radical (unpaired) electrons. The zero-order valence-corrected chi connectivity index (χ0v) is 15.0. The van der Waals surface area contributed by atoms with E-state index < -0.39 is 10.2 Å². The largest absolute Gasteiger partial charge is 0.392 e. The first-order valence-corrected chi connectivity index (χ1v) is 10.4. The van der Waals surface area contributed by atoms with Crippen LogP contribution in [0.2, 0.25) is 0 Å². The van der Waals surface area contributed by atoms with Crippen LogP contribution < -0.4 is 0 Å². The van der Waals surface area contributed by atoms with Crippen LogP contribution in [-0.2, 0) is 23.2 Å². The quantitative estimate of drug-likeness (QED) is 0.883. The summed E-state index contributed by atoms with van der Waals surface area (Å²) in [6.07, 6.45) is 6.06. The van der Waals surface area contributed by atoms with Gasteiger partial charge in [-0.05, 0) is 42.7 Å². The Bertz CT molecular complexity index is 622. The second-order valence-corrected chi connectivity index (χ2v) is 8.94. The van der Waals surface area contributed by atoms with Crippen LogP contribution in [0.4, 0.5) is 0 Å². The molecule has 3 rings (SSSR count). The van der Waals surface area contributed by atoms with Crippen LogP contribution in [0.3, 0.4) is 0 Å². The lowest BCUT2D eigenvalue weighted by molar-refractivity contribution is 0.282. The minimum absolute atomic E-state index is 0.0611. The average Bonchev–Trinajstić information content (AvgIpc) is 2.89. The van der Waals surface area contributed by atoms with Gasteiger partial charge in [0.25, 0.3) is 10.2 Å². The molecule has 0 spiro atoms. The molecule has 134 valence electrons. The van der Waals surface area contributed by atoms with Crippen LogP contribution in [-0.4, -0.2) is 48.3 Å². The smallest absolute Gasteiger partial charge is 0.281 e. The Morgan fingerprint density at radius 2 is 1.54 bits per heavy atom. The van der Waals surface area contributed by atoms with Crippen LogP contribution in [0, 0.1) is 5.92 Å². The first-order chi connectivity index (χ1) is 11.6. The minimum atomic E-state index is -3.29. The van der Waals surface area contributed by atoms with Crippen LogP contribution in [0.5, 0.6) is 0 Å². The maximum absolute atomic E-state index is 12.8. The molecule has 2 saturated heterocycles. The Labute approximate surface area is 145 Å². The maximum atomic E-state index is 12.8. The summed E-state index contributed by atoms with van der Waals surface area (Å²) in [5.41, 5.74) is 2.13. The van der Waals surface area contributed by atoms with Gasteiger partial charge in [-0.3, -0.25) is 0 Å². The van der Waals surface area contributed by atoms with Gasteiger partial charge in [-0.2, -0.15) is 17.0 Å². The summed E-state index contributed by atoms with van der Waals surface area (Å²) >= 11 is 0. The van der Waals surface area contributed by atoms with Gasteiger partial charge in [0.15, 0.2) is 0 Å². The van der Waals surface area contributed by atoms with Crippen molar-refractivity contribution in [1.82, 2.24) is 8.61 Å². The zero-order valence-electron chi connectivity index (χ0n) is 14.2. The van der Waals surface area contributed by atoms with Crippen LogP contribution in [0.1, 0.15) is 43.2 Å². The van der Waals surface area contributed by atoms with Crippen molar-refractivity contribution in [3.63, 3.8) is 0 Å². The second kappa shape index (κ2) is 7.95. The molecule has 6 heteroatoms. The molecule has 2 aliphatic heterocycles. The number of benzene rings is 1. The second-order valence-electron chi connectivity index (χ2n) is 7.01. The highest BCUT2D eigenvalue weighted by atomic mass is 32.2. The molecule has 0 aromatic heterocycles. The summed E-state index contributed by atoms with van der Waals surface area (Å²) in [6, 6.07) is 7.96. The summed E-state index contributed by atoms with van der Waals surface area (Å²) in [5.74, 6) is 0.381. The van der Waals surface area contributed by atoms with Crippen molar-refractivity contribution in [2.24, 2.45) is 5.92 Å². The highest BCUT2D eigenvalue weighted by molar-refractivity contribution is 7.86. The third kappa shape index (κ3) is 4.17.